The Morgan fingerprint density at radius 2 is 1.27 bits per heavy atom. The first-order valence-electron chi connectivity index (χ1n) is 19.9. The van der Waals surface area contributed by atoms with E-state index in [2.05, 4.69) is 40.8 Å². The molecule has 2 heterocycles. The number of aromatic nitrogens is 3. The zero-order chi connectivity index (χ0) is 57.1. The number of aromatic hydroxyl groups is 2. The van der Waals surface area contributed by atoms with Crippen LogP contribution in [0.4, 0.5) is 33.6 Å². The molecule has 0 bridgehead atoms. The molecule has 0 fully saturated rings. The van der Waals surface area contributed by atoms with E-state index in [4.69, 9.17) is 16.3 Å². The van der Waals surface area contributed by atoms with Crippen molar-refractivity contribution in [1.82, 2.24) is 14.8 Å². The highest BCUT2D eigenvalue weighted by Crippen LogP contribution is 2.47. The summed E-state index contributed by atoms with van der Waals surface area (Å²) in [6, 6.07) is 7.96. The van der Waals surface area contributed by atoms with Crippen molar-refractivity contribution in [1.29, 1.82) is 0 Å². The maximum Gasteiger partial charge on any atom is 0.358 e. The van der Waals surface area contributed by atoms with Crippen LogP contribution in [-0.2, 0) is 60.7 Å². The third-order valence-corrected chi connectivity index (χ3v) is 16.2. The molecule has 40 heteroatoms. The lowest BCUT2D eigenvalue weighted by Crippen LogP contribution is -2.08. The summed E-state index contributed by atoms with van der Waals surface area (Å²) in [6.07, 6.45) is -0.363. The molecule has 0 aliphatic heterocycles. The summed E-state index contributed by atoms with van der Waals surface area (Å²) >= 11 is 6.50. The molecular formula is C37H28ClN9O23S7. The lowest BCUT2D eigenvalue weighted by Gasteiger charge is -2.13. The van der Waals surface area contributed by atoms with Crippen molar-refractivity contribution in [2.24, 2.45) is 30.7 Å². The van der Waals surface area contributed by atoms with Crippen LogP contribution < -0.4 is 4.74 Å². The molecular weight excluding hydrogens is 1200 g/mol. The second-order valence-electron chi connectivity index (χ2n) is 15.3. The lowest BCUT2D eigenvalue weighted by atomic mass is 10.1. The predicted molar refractivity (Wildman–Crippen MR) is 262 cm³/mol. The Balaban J connectivity index is 1.33. The Hall–Kier alpha value is -7.12. The van der Waals surface area contributed by atoms with Gasteiger partial charge in [-0.2, -0.15) is 60.3 Å². The van der Waals surface area contributed by atoms with Crippen molar-refractivity contribution in [3.8, 4) is 23.1 Å². The molecule has 0 unspecified atom stereocenters. The van der Waals surface area contributed by atoms with Gasteiger partial charge in [-0.25, -0.2) is 9.78 Å². The number of azo groups is 3. The minimum Gasteiger partial charge on any atom is -0.505 e. The van der Waals surface area contributed by atoms with Crippen molar-refractivity contribution in [2.75, 3.05) is 12.4 Å². The van der Waals surface area contributed by atoms with Crippen LogP contribution in [0.25, 0.3) is 26.7 Å². The molecule has 0 spiro atoms. The zero-order valence-corrected chi connectivity index (χ0v) is 43.9. The average Bonchev–Trinajstić information content (AvgIpc) is 3.86. The van der Waals surface area contributed by atoms with Crippen molar-refractivity contribution in [3.63, 3.8) is 0 Å². The van der Waals surface area contributed by atoms with Crippen LogP contribution in [0.15, 0.2) is 116 Å². The first-order valence-corrected chi connectivity index (χ1v) is 29.9. The van der Waals surface area contributed by atoms with Gasteiger partial charge in [-0.05, 0) is 73.5 Å². The van der Waals surface area contributed by atoms with E-state index in [1.165, 1.54) is 6.92 Å². The minimum atomic E-state index is -5.63. The topological polar surface area (TPSA) is 518 Å². The number of hydrogen-bond donors (Lipinski definition) is 9. The molecule has 7 aromatic rings. The van der Waals surface area contributed by atoms with Crippen molar-refractivity contribution in [3.05, 3.63) is 76.9 Å². The van der Waals surface area contributed by atoms with Gasteiger partial charge in [-0.1, -0.05) is 22.9 Å². The van der Waals surface area contributed by atoms with E-state index < -0.39 is 160 Å². The van der Waals surface area contributed by atoms with Gasteiger partial charge >= 0.3 is 5.97 Å². The zero-order valence-electron chi connectivity index (χ0n) is 37.4. The molecule has 0 aliphatic rings. The first kappa shape index (κ1) is 57.6. The van der Waals surface area contributed by atoms with E-state index in [9.17, 15) is 97.9 Å². The summed E-state index contributed by atoms with van der Waals surface area (Å²) in [5.74, 6) is -5.53. The SMILES string of the molecule is Cc1cc(N=Nc2c(S(=O)(=O)O)cc3c(S(=O)(=O)O)c(N=Nc4c(C(=O)O)nn(-c5cc(Cl)cc(S(=O)(=O)O)c5)c4O)ccc3c2O)c(OCCCS(=O)(=O)O)cc1N=Nc1nc2c(S(=O)(=O)O)cc(S(=O)(=O)O)cc2s1. The first-order chi connectivity index (χ1) is 35.4. The molecule has 77 heavy (non-hydrogen) atoms. The van der Waals surface area contributed by atoms with Gasteiger partial charge in [0.25, 0.3) is 60.7 Å². The fourth-order valence-corrected chi connectivity index (χ4v) is 11.8. The van der Waals surface area contributed by atoms with E-state index >= 15 is 0 Å². The molecule has 5 aromatic carbocycles. The number of aryl methyl sites for hydroxylation is 1. The maximum absolute atomic E-state index is 13.0. The number of carboxylic acids is 1. The molecule has 32 nitrogen and oxygen atoms in total. The number of halogens is 1. The predicted octanol–water partition coefficient (Wildman–Crippen LogP) is 6.84. The summed E-state index contributed by atoms with van der Waals surface area (Å²) in [5, 5.41) is 56.5. The van der Waals surface area contributed by atoms with Crippen LogP contribution in [0.2, 0.25) is 5.02 Å². The van der Waals surface area contributed by atoms with Crippen molar-refractivity contribution < 1.29 is 103 Å². The van der Waals surface area contributed by atoms with Crippen molar-refractivity contribution >= 4 is 144 Å². The van der Waals surface area contributed by atoms with E-state index in [1.807, 2.05) is 0 Å². The molecule has 408 valence electrons. The minimum absolute atomic E-state index is 0.113. The number of nitrogens with zero attached hydrogens (tertiary/aromatic N) is 9. The maximum atomic E-state index is 13.0. The van der Waals surface area contributed by atoms with Gasteiger partial charge < -0.3 is 20.1 Å². The molecule has 0 saturated heterocycles. The Morgan fingerprint density at radius 1 is 0.662 bits per heavy atom. The van der Waals surface area contributed by atoms with Crippen LogP contribution >= 0.6 is 22.9 Å². The third-order valence-electron chi connectivity index (χ3n) is 9.98. The number of carbonyl (C=O) groups is 1. The number of fused-ring (bicyclic) bond motifs is 2. The Bertz CT molecular complexity index is 4490. The number of phenols is 1. The van der Waals surface area contributed by atoms with Gasteiger partial charge in [0.1, 0.15) is 43.0 Å². The van der Waals surface area contributed by atoms with E-state index in [0.29, 0.717) is 34.2 Å². The van der Waals surface area contributed by atoms with Gasteiger partial charge in [0, 0.05) is 21.9 Å². The quantitative estimate of drug-likeness (QED) is 0.0241. The summed E-state index contributed by atoms with van der Waals surface area (Å²) < 4.78 is 211. The molecule has 2 aromatic heterocycles. The Labute approximate surface area is 439 Å². The number of benzene rings is 5. The molecule has 0 amide bonds. The standard InChI is InChI=1S/C37H28ClN9O23S7/c1-15-7-24(25(70-5-2-6-72(52,53)54)14-23(15)41-45-37-39-29-26(71-37)11-19(74(58,59)60)12-27(29)75(61,62)63)42-43-30-28(76(64,65)66)13-21-20(33(30)48)3-4-22(34(21)77(67,68)69)40-44-31-32(36(50)51)46-47(35(31)49)17-8-16(38)9-18(10-17)73(55,56)57/h3-4,7-14,48-49H,2,5-6H2,1H3,(H,50,51)(H,52,53,54)(H,55,56,57)(H,58,59,60)(H,61,62,63)(H,64,65,66)(H,67,68,69). The van der Waals surface area contributed by atoms with Crippen LogP contribution in [0.3, 0.4) is 0 Å². The summed E-state index contributed by atoms with van der Waals surface area (Å²) in [5.41, 5.74) is -5.50. The van der Waals surface area contributed by atoms with Crippen LogP contribution in [0.5, 0.6) is 17.4 Å². The highest BCUT2D eigenvalue weighted by atomic mass is 35.5. The van der Waals surface area contributed by atoms with E-state index in [0.717, 1.165) is 42.5 Å². The summed E-state index contributed by atoms with van der Waals surface area (Å²) in [7, 11) is -30.8. The molecule has 7 rings (SSSR count). The van der Waals surface area contributed by atoms with Gasteiger partial charge in [0.05, 0.1) is 38.2 Å². The fraction of sp³-hybridized carbons (Fsp3) is 0.108. The second kappa shape index (κ2) is 20.7. The monoisotopic (exact) mass is 1220 g/mol. The molecule has 0 radical (unpaired) electrons. The normalized spacial score (nSPS) is 13.2. The summed E-state index contributed by atoms with van der Waals surface area (Å²) in [4.78, 5) is 10.6. The second-order valence-corrected chi connectivity index (χ2v) is 25.3. The number of ether oxygens (including phenoxy) is 1. The number of rotatable bonds is 18. The largest absolute Gasteiger partial charge is 0.505 e. The number of hydrogen-bond acceptors (Lipinski definition) is 25. The number of aromatic carboxylic acids is 1. The molecule has 0 saturated carbocycles. The highest BCUT2D eigenvalue weighted by Gasteiger charge is 2.30. The van der Waals surface area contributed by atoms with E-state index in [-0.39, 0.29) is 44.0 Å². The molecule has 9 N–H and O–H groups in total. The van der Waals surface area contributed by atoms with Gasteiger partial charge in [0.2, 0.25) is 16.7 Å². The number of phenolic OH excluding ortho intramolecular Hbond substituents is 1. The lowest BCUT2D eigenvalue weighted by molar-refractivity contribution is 0.0690. The molecule has 0 aliphatic carbocycles. The third kappa shape index (κ3) is 12.8. The Morgan fingerprint density at radius 3 is 1.87 bits per heavy atom. The fourth-order valence-electron chi connectivity index (χ4n) is 6.70. The van der Waals surface area contributed by atoms with Gasteiger partial charge in [0.15, 0.2) is 11.4 Å². The average molecular weight is 1230 g/mol. The van der Waals surface area contributed by atoms with Gasteiger partial charge in [-0.3, -0.25) is 27.3 Å². The van der Waals surface area contributed by atoms with Crippen LogP contribution in [0, 0.1) is 6.92 Å². The number of carboxylic acid groups (broad SMARTS) is 1. The molecule has 0 atom stereocenters. The van der Waals surface area contributed by atoms with Gasteiger partial charge in [-0.15, -0.1) is 30.7 Å². The van der Waals surface area contributed by atoms with Crippen molar-refractivity contribution in [2.45, 2.75) is 37.8 Å². The summed E-state index contributed by atoms with van der Waals surface area (Å²) in [6.45, 7) is 0.881. The highest BCUT2D eigenvalue weighted by molar-refractivity contribution is 7.87. The number of thiazole rings is 1. The smallest absolute Gasteiger partial charge is 0.358 e. The van der Waals surface area contributed by atoms with Crippen LogP contribution in [-0.4, -0.2) is 126 Å². The Kier molecular flexibility index (Phi) is 15.5. The van der Waals surface area contributed by atoms with Crippen LogP contribution in [0.1, 0.15) is 22.5 Å². The van der Waals surface area contributed by atoms with E-state index in [1.54, 1.807) is 0 Å².